The molecule has 0 amide bonds. The Hall–Kier alpha value is -2.58. The average Bonchev–Trinajstić information content (AvgIpc) is 3.45. The molecule has 0 unspecified atom stereocenters. The Bertz CT molecular complexity index is 954. The van der Waals surface area contributed by atoms with Crippen LogP contribution in [0.4, 0.5) is 0 Å². The van der Waals surface area contributed by atoms with Crippen molar-refractivity contribution in [3.05, 3.63) is 46.9 Å². The highest BCUT2D eigenvalue weighted by Crippen LogP contribution is 2.24. The summed E-state index contributed by atoms with van der Waals surface area (Å²) in [7, 11) is 0. The van der Waals surface area contributed by atoms with Crippen molar-refractivity contribution in [2.45, 2.75) is 39.0 Å². The summed E-state index contributed by atoms with van der Waals surface area (Å²) in [5.41, 5.74) is 0. The third-order valence-electron chi connectivity index (χ3n) is 4.57. The summed E-state index contributed by atoms with van der Waals surface area (Å²) in [5, 5.41) is 7.18. The van der Waals surface area contributed by atoms with Crippen LogP contribution in [-0.4, -0.2) is 34.1 Å². The number of H-pyrrole nitrogens is 1. The number of aromatic nitrogens is 3. The van der Waals surface area contributed by atoms with Crippen LogP contribution in [0.2, 0.25) is 0 Å². The lowest BCUT2D eigenvalue weighted by atomic mass is 10.2. The molecule has 1 N–H and O–H groups in total. The van der Waals surface area contributed by atoms with E-state index in [0.29, 0.717) is 41.9 Å². The predicted molar refractivity (Wildman–Crippen MR) is 106 cm³/mol. The molecule has 3 aromatic rings. The lowest BCUT2D eigenvalue weighted by Gasteiger charge is -2.11. The van der Waals surface area contributed by atoms with Crippen LogP contribution in [0.1, 0.15) is 25.5 Å². The molecule has 7 nitrogen and oxygen atoms in total. The van der Waals surface area contributed by atoms with Gasteiger partial charge >= 0.3 is 0 Å². The molecule has 1 aromatic carbocycles. The van der Waals surface area contributed by atoms with E-state index < -0.39 is 0 Å². The highest BCUT2D eigenvalue weighted by atomic mass is 32.1. The molecule has 4 rings (SSSR count). The molecule has 1 saturated heterocycles. The Balaban J connectivity index is 1.42. The Morgan fingerprint density at radius 1 is 1.18 bits per heavy atom. The van der Waals surface area contributed by atoms with Crippen LogP contribution in [0.25, 0.3) is 11.6 Å². The molecule has 0 bridgehead atoms. The van der Waals surface area contributed by atoms with Gasteiger partial charge < -0.3 is 18.6 Å². The predicted octanol–water partition coefficient (Wildman–Crippen LogP) is 4.36. The van der Waals surface area contributed by atoms with Gasteiger partial charge in [-0.25, -0.2) is 0 Å². The van der Waals surface area contributed by atoms with Gasteiger partial charge in [-0.05, 0) is 68.4 Å². The topological polar surface area (TPSA) is 74.4 Å². The van der Waals surface area contributed by atoms with Crippen molar-refractivity contribution in [1.29, 1.82) is 0 Å². The number of furan rings is 1. The molecule has 1 aliphatic rings. The molecule has 3 heterocycles. The van der Waals surface area contributed by atoms with Crippen LogP contribution in [0.5, 0.6) is 11.5 Å². The van der Waals surface area contributed by atoms with Gasteiger partial charge in [-0.1, -0.05) is 0 Å². The maximum absolute atomic E-state index is 5.93. The molecule has 28 heavy (non-hydrogen) atoms. The minimum Gasteiger partial charge on any atom is -0.494 e. The third kappa shape index (κ3) is 4.28. The molecule has 2 aromatic heterocycles. The summed E-state index contributed by atoms with van der Waals surface area (Å²) < 4.78 is 25.4. The van der Waals surface area contributed by atoms with E-state index in [1.165, 1.54) is 0 Å². The molecule has 148 valence electrons. The molecule has 8 heteroatoms. The SMILES string of the molecule is CCOc1ccc(OCc2ccc(-c3n[nH]c(=S)n3C[C@@H]3CCCO3)o2)cc1. The fourth-order valence-electron chi connectivity index (χ4n) is 3.20. The fraction of sp³-hybridized carbons (Fsp3) is 0.400. The van der Waals surface area contributed by atoms with Crippen molar-refractivity contribution in [1.82, 2.24) is 14.8 Å². The number of ether oxygens (including phenoxy) is 3. The first-order chi connectivity index (χ1) is 13.7. The first-order valence-electron chi connectivity index (χ1n) is 9.44. The highest BCUT2D eigenvalue weighted by Gasteiger charge is 2.20. The number of nitrogens with one attached hydrogen (secondary N) is 1. The van der Waals surface area contributed by atoms with E-state index in [-0.39, 0.29) is 6.10 Å². The molecule has 0 saturated carbocycles. The van der Waals surface area contributed by atoms with E-state index in [9.17, 15) is 0 Å². The molecule has 0 radical (unpaired) electrons. The van der Waals surface area contributed by atoms with Gasteiger partial charge in [0.05, 0.1) is 19.3 Å². The lowest BCUT2D eigenvalue weighted by molar-refractivity contribution is 0.0969. The molecule has 1 aliphatic heterocycles. The molecule has 1 atom stereocenters. The Labute approximate surface area is 168 Å². The van der Waals surface area contributed by atoms with Gasteiger partial charge in [0.25, 0.3) is 0 Å². The first kappa shape index (κ1) is 18.8. The van der Waals surface area contributed by atoms with E-state index in [1.807, 2.05) is 47.9 Å². The second-order valence-corrected chi connectivity index (χ2v) is 6.94. The summed E-state index contributed by atoms with van der Waals surface area (Å²) in [4.78, 5) is 0. The van der Waals surface area contributed by atoms with Gasteiger partial charge in [0.2, 0.25) is 0 Å². The zero-order valence-corrected chi connectivity index (χ0v) is 16.5. The van der Waals surface area contributed by atoms with Crippen LogP contribution in [0.3, 0.4) is 0 Å². The number of hydrogen-bond donors (Lipinski definition) is 1. The van der Waals surface area contributed by atoms with Crippen molar-refractivity contribution in [3.8, 4) is 23.1 Å². The number of aromatic amines is 1. The second-order valence-electron chi connectivity index (χ2n) is 6.56. The van der Waals surface area contributed by atoms with Gasteiger partial charge in [-0.15, -0.1) is 0 Å². The maximum Gasteiger partial charge on any atom is 0.198 e. The Kier molecular flexibility index (Phi) is 5.78. The second kappa shape index (κ2) is 8.62. The summed E-state index contributed by atoms with van der Waals surface area (Å²) in [6.45, 7) is 4.40. The minimum atomic E-state index is 0.167. The summed E-state index contributed by atoms with van der Waals surface area (Å²) in [5.74, 6) is 3.61. The van der Waals surface area contributed by atoms with Crippen LogP contribution in [-0.2, 0) is 17.9 Å². The quantitative estimate of drug-likeness (QED) is 0.566. The van der Waals surface area contributed by atoms with Gasteiger partial charge in [-0.3, -0.25) is 9.67 Å². The standard InChI is InChI=1S/C20H23N3O4S/c1-2-24-14-5-7-15(8-6-14)26-13-17-9-10-18(27-17)19-21-22-20(28)23(19)12-16-4-3-11-25-16/h5-10,16H,2-4,11-13H2,1H3,(H,22,28)/t16-/m0/s1. The minimum absolute atomic E-state index is 0.167. The Morgan fingerprint density at radius 3 is 2.68 bits per heavy atom. The molecular formula is C20H23N3O4S. The highest BCUT2D eigenvalue weighted by molar-refractivity contribution is 7.71. The maximum atomic E-state index is 5.93. The van der Waals surface area contributed by atoms with Crippen LogP contribution in [0.15, 0.2) is 40.8 Å². The number of rotatable bonds is 8. The average molecular weight is 401 g/mol. The van der Waals surface area contributed by atoms with Crippen LogP contribution >= 0.6 is 12.2 Å². The van der Waals surface area contributed by atoms with E-state index in [0.717, 1.165) is 30.9 Å². The van der Waals surface area contributed by atoms with Crippen molar-refractivity contribution < 1.29 is 18.6 Å². The summed E-state index contributed by atoms with van der Waals surface area (Å²) in [6.07, 6.45) is 2.28. The zero-order chi connectivity index (χ0) is 19.3. The molecule has 0 spiro atoms. The van der Waals surface area contributed by atoms with Gasteiger partial charge in [-0.2, -0.15) is 5.10 Å². The third-order valence-corrected chi connectivity index (χ3v) is 4.88. The van der Waals surface area contributed by atoms with E-state index in [4.69, 9.17) is 30.8 Å². The van der Waals surface area contributed by atoms with E-state index in [1.54, 1.807) is 0 Å². The first-order valence-corrected chi connectivity index (χ1v) is 9.85. The number of benzene rings is 1. The lowest BCUT2D eigenvalue weighted by Crippen LogP contribution is -2.15. The number of nitrogens with zero attached hydrogens (tertiary/aromatic N) is 2. The molecular weight excluding hydrogens is 378 g/mol. The van der Waals surface area contributed by atoms with Gasteiger partial charge in [0, 0.05) is 6.61 Å². The monoisotopic (exact) mass is 401 g/mol. The molecule has 0 aliphatic carbocycles. The normalized spacial score (nSPS) is 16.4. The summed E-state index contributed by atoms with van der Waals surface area (Å²) in [6, 6.07) is 11.3. The zero-order valence-electron chi connectivity index (χ0n) is 15.7. The number of hydrogen-bond acceptors (Lipinski definition) is 6. The van der Waals surface area contributed by atoms with E-state index >= 15 is 0 Å². The van der Waals surface area contributed by atoms with E-state index in [2.05, 4.69) is 10.2 Å². The van der Waals surface area contributed by atoms with Crippen LogP contribution < -0.4 is 9.47 Å². The smallest absolute Gasteiger partial charge is 0.198 e. The van der Waals surface area contributed by atoms with Crippen LogP contribution in [0, 0.1) is 4.77 Å². The fourth-order valence-corrected chi connectivity index (χ4v) is 3.40. The summed E-state index contributed by atoms with van der Waals surface area (Å²) >= 11 is 5.37. The largest absolute Gasteiger partial charge is 0.494 e. The van der Waals surface area contributed by atoms with Crippen molar-refractivity contribution in [2.75, 3.05) is 13.2 Å². The molecule has 1 fully saturated rings. The Morgan fingerprint density at radius 2 is 1.96 bits per heavy atom. The van der Waals surface area contributed by atoms with Gasteiger partial charge in [0.15, 0.2) is 16.4 Å². The van der Waals surface area contributed by atoms with Gasteiger partial charge in [0.1, 0.15) is 23.9 Å². The van der Waals surface area contributed by atoms with Crippen molar-refractivity contribution in [2.24, 2.45) is 0 Å². The van der Waals surface area contributed by atoms with Crippen molar-refractivity contribution in [3.63, 3.8) is 0 Å². The van der Waals surface area contributed by atoms with Crippen molar-refractivity contribution >= 4 is 12.2 Å².